The van der Waals surface area contributed by atoms with E-state index in [0.717, 1.165) is 27.6 Å². The number of aromatic nitrogens is 5. The zero-order valence-electron chi connectivity index (χ0n) is 22.0. The molecule has 0 aliphatic heterocycles. The lowest BCUT2D eigenvalue weighted by atomic mass is 9.99. The number of halogens is 1. The van der Waals surface area contributed by atoms with E-state index in [4.69, 9.17) is 11.6 Å². The first kappa shape index (κ1) is 25.8. The lowest BCUT2D eigenvalue weighted by Gasteiger charge is -2.33. The summed E-state index contributed by atoms with van der Waals surface area (Å²) in [6, 6.07) is 25.4. The molecule has 7 nitrogen and oxygen atoms in total. The van der Waals surface area contributed by atoms with Gasteiger partial charge in [0.1, 0.15) is 6.04 Å². The van der Waals surface area contributed by atoms with Crippen LogP contribution in [0, 0.1) is 6.92 Å². The number of tetrazole rings is 1. The second-order valence-electron chi connectivity index (χ2n) is 10.6. The van der Waals surface area contributed by atoms with Gasteiger partial charge in [-0.25, -0.2) is 4.68 Å². The van der Waals surface area contributed by atoms with Crippen molar-refractivity contribution in [1.29, 1.82) is 0 Å². The molecule has 0 fully saturated rings. The number of benzene rings is 3. The smallest absolute Gasteiger partial charge is 0.253 e. The molecule has 2 aromatic heterocycles. The molecule has 5 aromatic rings. The number of nitrogens with one attached hydrogen (secondary N) is 1. The van der Waals surface area contributed by atoms with Crippen LogP contribution in [0.1, 0.15) is 54.9 Å². The summed E-state index contributed by atoms with van der Waals surface area (Å²) < 4.78 is 1.81. The highest BCUT2D eigenvalue weighted by molar-refractivity contribution is 6.31. The van der Waals surface area contributed by atoms with E-state index >= 15 is 0 Å². The number of rotatable bonds is 7. The Kier molecular flexibility index (Phi) is 7.15. The van der Waals surface area contributed by atoms with Gasteiger partial charge in [-0.3, -0.25) is 9.69 Å². The van der Waals surface area contributed by atoms with Gasteiger partial charge in [0.15, 0.2) is 5.82 Å². The summed E-state index contributed by atoms with van der Waals surface area (Å²) in [6.45, 7) is 9.23. The lowest BCUT2D eigenvalue weighted by molar-refractivity contribution is 0.184. The van der Waals surface area contributed by atoms with E-state index in [2.05, 4.69) is 43.6 Å². The van der Waals surface area contributed by atoms with Crippen molar-refractivity contribution < 1.29 is 0 Å². The maximum Gasteiger partial charge on any atom is 0.253 e. The molecule has 0 amide bonds. The van der Waals surface area contributed by atoms with Crippen LogP contribution in [0.2, 0.25) is 5.02 Å². The largest absolute Gasteiger partial charge is 0.322 e. The molecular weight excluding hydrogens is 496 g/mol. The molecule has 2 heterocycles. The minimum Gasteiger partial charge on any atom is -0.322 e. The third kappa shape index (κ3) is 5.39. The highest BCUT2D eigenvalue weighted by Crippen LogP contribution is 2.33. The fourth-order valence-electron chi connectivity index (χ4n) is 4.79. The number of hydrogen-bond donors (Lipinski definition) is 1. The van der Waals surface area contributed by atoms with Crippen LogP contribution in [0.5, 0.6) is 0 Å². The minimum absolute atomic E-state index is 0.174. The van der Waals surface area contributed by atoms with Crippen molar-refractivity contribution in [2.45, 2.75) is 52.4 Å². The van der Waals surface area contributed by atoms with E-state index in [1.54, 1.807) is 0 Å². The number of H-pyrrole nitrogens is 1. The molecule has 1 atom stereocenters. The topological polar surface area (TPSA) is 79.7 Å². The van der Waals surface area contributed by atoms with Crippen molar-refractivity contribution in [2.75, 3.05) is 0 Å². The van der Waals surface area contributed by atoms with Crippen LogP contribution in [0.25, 0.3) is 10.9 Å². The molecule has 0 saturated carbocycles. The summed E-state index contributed by atoms with van der Waals surface area (Å²) in [4.78, 5) is 19.0. The molecule has 1 N–H and O–H groups in total. The Balaban J connectivity index is 1.75. The number of nitrogens with zero attached hydrogens (tertiary/aromatic N) is 5. The zero-order chi connectivity index (χ0) is 26.9. The molecule has 1 unspecified atom stereocenters. The van der Waals surface area contributed by atoms with Gasteiger partial charge in [0.25, 0.3) is 5.56 Å². The standard InChI is InChI=1S/C30H31ClN6O/c1-20-14-15-26-23(16-20)17-24(29(38)32-26)27(28-33-34-35-37(28)30(2,3)4)36(18-21-10-6-5-7-11-21)19-22-12-8-9-13-25(22)31/h5-17,27H,18-19H2,1-4H3,(H,32,38). The molecule has 38 heavy (non-hydrogen) atoms. The molecule has 0 aliphatic rings. The number of pyridine rings is 1. The highest BCUT2D eigenvalue weighted by atomic mass is 35.5. The van der Waals surface area contributed by atoms with Crippen molar-refractivity contribution in [3.05, 3.63) is 122 Å². The van der Waals surface area contributed by atoms with Gasteiger partial charge in [-0.2, -0.15) is 0 Å². The summed E-state index contributed by atoms with van der Waals surface area (Å²) in [5.74, 6) is 0.595. The second kappa shape index (κ2) is 10.5. The molecule has 0 spiro atoms. The highest BCUT2D eigenvalue weighted by Gasteiger charge is 2.34. The van der Waals surface area contributed by atoms with Crippen LogP contribution in [-0.4, -0.2) is 30.1 Å². The molecule has 194 valence electrons. The third-order valence-corrected chi connectivity index (χ3v) is 6.99. The fourth-order valence-corrected chi connectivity index (χ4v) is 4.98. The van der Waals surface area contributed by atoms with Gasteiger partial charge in [-0.15, -0.1) is 5.10 Å². The predicted molar refractivity (Wildman–Crippen MR) is 151 cm³/mol. The molecule has 0 radical (unpaired) electrons. The van der Waals surface area contributed by atoms with E-state index in [0.29, 0.717) is 29.5 Å². The van der Waals surface area contributed by atoms with Crippen molar-refractivity contribution >= 4 is 22.5 Å². The van der Waals surface area contributed by atoms with Gasteiger partial charge < -0.3 is 4.98 Å². The van der Waals surface area contributed by atoms with Crippen molar-refractivity contribution in [1.82, 2.24) is 30.1 Å². The summed E-state index contributed by atoms with van der Waals surface area (Å²) in [7, 11) is 0. The first-order chi connectivity index (χ1) is 18.2. The van der Waals surface area contributed by atoms with Crippen molar-refractivity contribution in [2.24, 2.45) is 0 Å². The maximum absolute atomic E-state index is 13.7. The Labute approximate surface area is 227 Å². The van der Waals surface area contributed by atoms with Crippen LogP contribution in [-0.2, 0) is 18.6 Å². The van der Waals surface area contributed by atoms with E-state index in [1.807, 2.05) is 93.0 Å². The third-order valence-electron chi connectivity index (χ3n) is 6.62. The van der Waals surface area contributed by atoms with E-state index in [1.165, 1.54) is 0 Å². The van der Waals surface area contributed by atoms with E-state index < -0.39 is 11.6 Å². The van der Waals surface area contributed by atoms with Gasteiger partial charge in [-0.05, 0) is 78.9 Å². The quantitative estimate of drug-likeness (QED) is 0.280. The van der Waals surface area contributed by atoms with Gasteiger partial charge in [0, 0.05) is 29.2 Å². The Morgan fingerprint density at radius 1 is 0.974 bits per heavy atom. The predicted octanol–water partition coefficient (Wildman–Crippen LogP) is 6.02. The van der Waals surface area contributed by atoms with Crippen LogP contribution in [0.15, 0.2) is 83.7 Å². The first-order valence-electron chi connectivity index (χ1n) is 12.6. The van der Waals surface area contributed by atoms with Crippen molar-refractivity contribution in [3.63, 3.8) is 0 Å². The van der Waals surface area contributed by atoms with Crippen LogP contribution < -0.4 is 5.56 Å². The molecule has 8 heteroatoms. The number of aromatic amines is 1. The van der Waals surface area contributed by atoms with Crippen LogP contribution in [0.4, 0.5) is 0 Å². The van der Waals surface area contributed by atoms with Crippen molar-refractivity contribution in [3.8, 4) is 0 Å². The lowest BCUT2D eigenvalue weighted by Crippen LogP contribution is -2.37. The molecule has 0 bridgehead atoms. The Hall–Kier alpha value is -3.81. The maximum atomic E-state index is 13.7. The zero-order valence-corrected chi connectivity index (χ0v) is 22.8. The van der Waals surface area contributed by atoms with Gasteiger partial charge in [-0.1, -0.05) is 71.8 Å². The number of fused-ring (bicyclic) bond motifs is 1. The summed E-state index contributed by atoms with van der Waals surface area (Å²) in [6.07, 6.45) is 0. The second-order valence-corrected chi connectivity index (χ2v) is 11.1. The van der Waals surface area contributed by atoms with E-state index in [-0.39, 0.29) is 5.56 Å². The van der Waals surface area contributed by atoms with E-state index in [9.17, 15) is 4.79 Å². The van der Waals surface area contributed by atoms with Gasteiger partial charge in [0.05, 0.1) is 5.54 Å². The monoisotopic (exact) mass is 526 g/mol. The fraction of sp³-hybridized carbons (Fsp3) is 0.267. The molecule has 0 aliphatic carbocycles. The number of aryl methyl sites for hydroxylation is 1. The van der Waals surface area contributed by atoms with Crippen LogP contribution in [0.3, 0.4) is 0 Å². The number of hydrogen-bond acceptors (Lipinski definition) is 5. The van der Waals surface area contributed by atoms with Gasteiger partial charge >= 0.3 is 0 Å². The molecular formula is C30H31ClN6O. The average Bonchev–Trinajstić information content (AvgIpc) is 3.37. The molecule has 3 aromatic carbocycles. The Bertz CT molecular complexity index is 1620. The average molecular weight is 527 g/mol. The Morgan fingerprint density at radius 2 is 1.71 bits per heavy atom. The van der Waals surface area contributed by atoms with Gasteiger partial charge in [0.2, 0.25) is 0 Å². The first-order valence-corrected chi connectivity index (χ1v) is 13.0. The molecule has 5 rings (SSSR count). The summed E-state index contributed by atoms with van der Waals surface area (Å²) in [5, 5.41) is 14.5. The minimum atomic E-state index is -0.547. The van der Waals surface area contributed by atoms with Crippen LogP contribution >= 0.6 is 11.6 Å². The Morgan fingerprint density at radius 3 is 2.45 bits per heavy atom. The summed E-state index contributed by atoms with van der Waals surface area (Å²) in [5.41, 5.74) is 3.96. The normalized spacial score (nSPS) is 12.8. The molecule has 0 saturated heterocycles. The summed E-state index contributed by atoms with van der Waals surface area (Å²) >= 11 is 6.64. The SMILES string of the molecule is Cc1ccc2[nH]c(=O)c(C(c3nnnn3C(C)(C)C)N(Cc3ccccc3)Cc3ccccc3Cl)cc2c1.